The zero-order chi connectivity index (χ0) is 15.4. The molecule has 114 valence electrons. The first-order valence-electron chi connectivity index (χ1n) is 7.37. The molecule has 4 nitrogen and oxygen atoms in total. The van der Waals surface area contributed by atoms with E-state index in [9.17, 15) is 4.79 Å². The largest absolute Gasteiger partial charge is 0.497 e. The Morgan fingerprint density at radius 3 is 3.00 bits per heavy atom. The third-order valence-electron chi connectivity index (χ3n) is 3.84. The van der Waals surface area contributed by atoms with Crippen LogP contribution in [0.1, 0.15) is 17.0 Å². The van der Waals surface area contributed by atoms with Gasteiger partial charge in [-0.25, -0.2) is 0 Å². The van der Waals surface area contributed by atoms with Gasteiger partial charge in [-0.2, -0.15) is 0 Å². The van der Waals surface area contributed by atoms with Crippen molar-refractivity contribution in [3.63, 3.8) is 0 Å². The van der Waals surface area contributed by atoms with Crippen molar-refractivity contribution in [3.8, 4) is 11.5 Å². The fourth-order valence-electron chi connectivity index (χ4n) is 2.67. The van der Waals surface area contributed by atoms with Gasteiger partial charge in [-0.3, -0.25) is 4.79 Å². The maximum atomic E-state index is 12.1. The minimum absolute atomic E-state index is 0.0117. The molecule has 0 bridgehead atoms. The van der Waals surface area contributed by atoms with Crippen LogP contribution < -0.4 is 14.8 Å². The number of para-hydroxylation sites is 1. The Hall–Kier alpha value is -2.49. The first-order chi connectivity index (χ1) is 10.8. The van der Waals surface area contributed by atoms with E-state index >= 15 is 0 Å². The van der Waals surface area contributed by atoms with E-state index in [-0.39, 0.29) is 11.8 Å². The maximum absolute atomic E-state index is 12.1. The summed E-state index contributed by atoms with van der Waals surface area (Å²) in [5.74, 6) is 1.93. The molecule has 3 rings (SSSR count). The molecule has 0 aliphatic carbocycles. The molecule has 1 aliphatic rings. The summed E-state index contributed by atoms with van der Waals surface area (Å²) in [6.45, 7) is 1.22. The van der Waals surface area contributed by atoms with Crippen molar-refractivity contribution in [1.29, 1.82) is 0 Å². The number of carbonyl (C=O) groups excluding carboxylic acids is 1. The number of fused-ring (bicyclic) bond motifs is 1. The van der Waals surface area contributed by atoms with Gasteiger partial charge in [-0.15, -0.1) is 0 Å². The Labute approximate surface area is 130 Å². The SMILES string of the molecule is COc1cccc(CC(=O)NC[C@H]2COc3ccccc32)c1. The summed E-state index contributed by atoms with van der Waals surface area (Å²) in [5, 5.41) is 2.99. The summed E-state index contributed by atoms with van der Waals surface area (Å²) < 4.78 is 10.8. The van der Waals surface area contributed by atoms with E-state index in [1.54, 1.807) is 7.11 Å². The fourth-order valence-corrected chi connectivity index (χ4v) is 2.67. The molecular weight excluding hydrogens is 278 g/mol. The number of ether oxygens (including phenoxy) is 2. The van der Waals surface area contributed by atoms with E-state index in [2.05, 4.69) is 11.4 Å². The number of hydrogen-bond acceptors (Lipinski definition) is 3. The topological polar surface area (TPSA) is 47.6 Å². The lowest BCUT2D eigenvalue weighted by Gasteiger charge is -2.11. The van der Waals surface area contributed by atoms with E-state index in [0.29, 0.717) is 19.6 Å². The van der Waals surface area contributed by atoms with Gasteiger partial charge in [0.1, 0.15) is 11.5 Å². The minimum Gasteiger partial charge on any atom is -0.497 e. The predicted molar refractivity (Wildman–Crippen MR) is 84.4 cm³/mol. The van der Waals surface area contributed by atoms with E-state index in [4.69, 9.17) is 9.47 Å². The molecule has 1 heterocycles. The van der Waals surface area contributed by atoms with Crippen LogP contribution in [0, 0.1) is 0 Å². The van der Waals surface area contributed by atoms with Crippen LogP contribution in [0.15, 0.2) is 48.5 Å². The first kappa shape index (κ1) is 14.4. The molecule has 22 heavy (non-hydrogen) atoms. The zero-order valence-electron chi connectivity index (χ0n) is 12.5. The quantitative estimate of drug-likeness (QED) is 0.922. The highest BCUT2D eigenvalue weighted by Gasteiger charge is 2.23. The summed E-state index contributed by atoms with van der Waals surface area (Å²) in [6, 6.07) is 15.6. The van der Waals surface area contributed by atoms with Gasteiger partial charge in [0.2, 0.25) is 5.91 Å². The second-order valence-corrected chi connectivity index (χ2v) is 5.38. The fraction of sp³-hybridized carbons (Fsp3) is 0.278. The van der Waals surface area contributed by atoms with Crippen molar-refractivity contribution in [1.82, 2.24) is 5.32 Å². The van der Waals surface area contributed by atoms with Gasteiger partial charge in [-0.05, 0) is 23.8 Å². The minimum atomic E-state index is 0.0117. The lowest BCUT2D eigenvalue weighted by atomic mass is 10.0. The van der Waals surface area contributed by atoms with Crippen molar-refractivity contribution in [2.24, 2.45) is 0 Å². The highest BCUT2D eigenvalue weighted by atomic mass is 16.5. The van der Waals surface area contributed by atoms with Crippen molar-refractivity contribution in [2.45, 2.75) is 12.3 Å². The number of benzene rings is 2. The summed E-state index contributed by atoms with van der Waals surface area (Å²) in [6.07, 6.45) is 0.354. The summed E-state index contributed by atoms with van der Waals surface area (Å²) in [4.78, 5) is 12.1. The summed E-state index contributed by atoms with van der Waals surface area (Å²) >= 11 is 0. The molecule has 0 radical (unpaired) electrons. The zero-order valence-corrected chi connectivity index (χ0v) is 12.5. The number of methoxy groups -OCH3 is 1. The number of nitrogens with one attached hydrogen (secondary N) is 1. The van der Waals surface area contributed by atoms with Crippen molar-refractivity contribution >= 4 is 5.91 Å². The number of amides is 1. The lowest BCUT2D eigenvalue weighted by Crippen LogP contribution is -2.30. The standard InChI is InChI=1S/C18H19NO3/c1-21-15-6-4-5-13(9-15)10-18(20)19-11-14-12-22-17-8-3-2-7-16(14)17/h2-9,14H,10-12H2,1H3,(H,19,20)/t14-/m0/s1. The van der Waals surface area contributed by atoms with Crippen LogP contribution in [-0.4, -0.2) is 26.2 Å². The molecule has 1 amide bonds. The second-order valence-electron chi connectivity index (χ2n) is 5.38. The van der Waals surface area contributed by atoms with Crippen LogP contribution in [0.25, 0.3) is 0 Å². The Kier molecular flexibility index (Phi) is 4.28. The summed E-state index contributed by atoms with van der Waals surface area (Å²) in [7, 11) is 1.62. The molecule has 0 saturated heterocycles. The predicted octanol–water partition coefficient (Wildman–Crippen LogP) is 2.53. The van der Waals surface area contributed by atoms with Gasteiger partial charge >= 0.3 is 0 Å². The maximum Gasteiger partial charge on any atom is 0.224 e. The number of carbonyl (C=O) groups is 1. The van der Waals surface area contributed by atoms with Gasteiger partial charge in [-0.1, -0.05) is 30.3 Å². The average Bonchev–Trinajstić information content (AvgIpc) is 2.96. The number of hydrogen-bond donors (Lipinski definition) is 1. The molecule has 2 aromatic rings. The third kappa shape index (κ3) is 3.22. The first-order valence-corrected chi connectivity index (χ1v) is 7.37. The Morgan fingerprint density at radius 2 is 2.14 bits per heavy atom. The normalized spacial score (nSPS) is 15.8. The average molecular weight is 297 g/mol. The van der Waals surface area contributed by atoms with Crippen LogP contribution >= 0.6 is 0 Å². The summed E-state index contributed by atoms with van der Waals surface area (Å²) in [5.41, 5.74) is 2.11. The molecule has 4 heteroatoms. The highest BCUT2D eigenvalue weighted by Crippen LogP contribution is 2.32. The monoisotopic (exact) mass is 297 g/mol. The van der Waals surface area contributed by atoms with Gasteiger partial charge < -0.3 is 14.8 Å². The second kappa shape index (κ2) is 6.52. The molecule has 1 aliphatic heterocycles. The Bertz CT molecular complexity index is 669. The lowest BCUT2D eigenvalue weighted by molar-refractivity contribution is -0.120. The van der Waals surface area contributed by atoms with Gasteiger partial charge in [0, 0.05) is 18.0 Å². The molecule has 1 atom stereocenters. The smallest absolute Gasteiger partial charge is 0.224 e. The van der Waals surface area contributed by atoms with Crippen molar-refractivity contribution in [2.75, 3.05) is 20.3 Å². The highest BCUT2D eigenvalue weighted by molar-refractivity contribution is 5.78. The molecule has 2 aromatic carbocycles. The van der Waals surface area contributed by atoms with E-state index in [1.807, 2.05) is 42.5 Å². The Balaban J connectivity index is 1.55. The van der Waals surface area contributed by atoms with E-state index in [0.717, 1.165) is 17.1 Å². The van der Waals surface area contributed by atoms with Crippen LogP contribution in [0.3, 0.4) is 0 Å². The molecule has 0 fully saturated rings. The number of rotatable bonds is 5. The van der Waals surface area contributed by atoms with Crippen molar-refractivity contribution < 1.29 is 14.3 Å². The molecular formula is C18H19NO3. The van der Waals surface area contributed by atoms with Crippen LogP contribution in [0.2, 0.25) is 0 Å². The Morgan fingerprint density at radius 1 is 1.27 bits per heavy atom. The molecule has 1 N–H and O–H groups in total. The van der Waals surface area contributed by atoms with Gasteiger partial charge in [0.25, 0.3) is 0 Å². The third-order valence-corrected chi connectivity index (χ3v) is 3.84. The van der Waals surface area contributed by atoms with Gasteiger partial charge in [0.05, 0.1) is 20.1 Å². The molecule has 0 saturated carbocycles. The van der Waals surface area contributed by atoms with Crippen molar-refractivity contribution in [3.05, 3.63) is 59.7 Å². The van der Waals surface area contributed by atoms with Crippen LogP contribution in [0.5, 0.6) is 11.5 Å². The molecule has 0 spiro atoms. The van der Waals surface area contributed by atoms with Gasteiger partial charge in [0.15, 0.2) is 0 Å². The van der Waals surface area contributed by atoms with Crippen LogP contribution in [-0.2, 0) is 11.2 Å². The molecule has 0 unspecified atom stereocenters. The van der Waals surface area contributed by atoms with E-state index in [1.165, 1.54) is 5.56 Å². The van der Waals surface area contributed by atoms with Crippen LogP contribution in [0.4, 0.5) is 0 Å². The van der Waals surface area contributed by atoms with E-state index < -0.39 is 0 Å². The molecule has 0 aromatic heterocycles.